The summed E-state index contributed by atoms with van der Waals surface area (Å²) in [6, 6.07) is 174. The third kappa shape index (κ3) is 12.3. The van der Waals surface area contributed by atoms with Crippen LogP contribution in [0, 0.1) is 0 Å². The van der Waals surface area contributed by atoms with Crippen molar-refractivity contribution in [3.63, 3.8) is 0 Å². The number of rotatable bonds is 14. The van der Waals surface area contributed by atoms with Gasteiger partial charge in [0.25, 0.3) is 0 Å². The maximum absolute atomic E-state index is 5.51. The van der Waals surface area contributed by atoms with Gasteiger partial charge in [0.15, 0.2) is 0 Å². The Morgan fingerprint density at radius 3 is 1.24 bits per heavy atom. The lowest BCUT2D eigenvalue weighted by Crippen LogP contribution is -2.28. The number of hydrogen-bond acceptors (Lipinski definition) is 6. The van der Waals surface area contributed by atoms with E-state index in [4.69, 9.17) is 19.9 Å². The predicted molar refractivity (Wildman–Crippen MR) is 546 cm³/mol. The van der Waals surface area contributed by atoms with E-state index in [0.29, 0.717) is 5.95 Å². The van der Waals surface area contributed by atoms with Crippen LogP contribution in [0.4, 0.5) is 34.4 Å². The van der Waals surface area contributed by atoms with Crippen LogP contribution < -0.4 is 9.80 Å². The SMILES string of the molecule is CC1(C)c2ccccc2-c2cc(N(c3ccc(-c4nc5ccccc5nc4-c4ccccc4)cc3)c3ccc(C4(c5ccccc5)c5ccccc5-c5ccccc54)cc3)ccc21.c1ccc(-c2nc(N(c3ccc(C4(c5ccccc5)c5ccccc5-c5c4ccc4ccccc54)cc3)c3ccc4c(c3)c3ccccc3n4-c3ccc4ccccc4c3)nc3ccccc23)cc1. The molecule has 7 nitrogen and oxygen atoms in total. The Bertz CT molecular complexity index is 8440. The zero-order valence-electron chi connectivity index (χ0n) is 72.7. The molecule has 0 fully saturated rings. The lowest BCUT2D eigenvalue weighted by atomic mass is 9.67. The summed E-state index contributed by atoms with van der Waals surface area (Å²) in [7, 11) is 0. The van der Waals surface area contributed by atoms with Gasteiger partial charge in [0.1, 0.15) is 0 Å². The second-order valence-electron chi connectivity index (χ2n) is 35.4. The molecule has 620 valence electrons. The zero-order valence-corrected chi connectivity index (χ0v) is 72.7. The summed E-state index contributed by atoms with van der Waals surface area (Å²) < 4.78 is 2.39. The summed E-state index contributed by atoms with van der Waals surface area (Å²) in [4.78, 5) is 25.9. The quantitative estimate of drug-likeness (QED) is 0.108. The highest BCUT2D eigenvalue weighted by Crippen LogP contribution is 2.60. The molecule has 0 saturated heterocycles. The summed E-state index contributed by atoms with van der Waals surface area (Å²) in [6.45, 7) is 4.68. The molecule has 3 aliphatic carbocycles. The normalized spacial score (nSPS) is 14.0. The van der Waals surface area contributed by atoms with Gasteiger partial charge >= 0.3 is 0 Å². The van der Waals surface area contributed by atoms with Crippen LogP contribution in [-0.4, -0.2) is 24.5 Å². The number of nitrogens with zero attached hydrogens (tertiary/aromatic N) is 7. The van der Waals surface area contributed by atoms with E-state index in [-0.39, 0.29) is 5.41 Å². The van der Waals surface area contributed by atoms with Crippen molar-refractivity contribution in [1.82, 2.24) is 24.5 Å². The van der Waals surface area contributed by atoms with Gasteiger partial charge in [-0.15, -0.1) is 0 Å². The number of para-hydroxylation sites is 4. The first kappa shape index (κ1) is 77.4. The number of aromatic nitrogens is 5. The van der Waals surface area contributed by atoms with E-state index in [1.165, 1.54) is 116 Å². The number of fused-ring (bicyclic) bond motifs is 17. The van der Waals surface area contributed by atoms with Crippen molar-refractivity contribution in [1.29, 1.82) is 0 Å². The molecule has 1 unspecified atom stereocenters. The van der Waals surface area contributed by atoms with Crippen LogP contribution >= 0.6 is 0 Å². The molecule has 20 aromatic carbocycles. The van der Waals surface area contributed by atoms with Gasteiger partial charge in [-0.25, -0.2) is 19.9 Å². The van der Waals surface area contributed by atoms with Crippen molar-refractivity contribution in [3.8, 4) is 72.8 Å². The molecule has 1 atom stereocenters. The minimum Gasteiger partial charge on any atom is -0.310 e. The molecule has 23 aromatic rings. The van der Waals surface area contributed by atoms with Gasteiger partial charge in [-0.2, -0.15) is 0 Å². The molecule has 0 aliphatic heterocycles. The van der Waals surface area contributed by atoms with Crippen LogP contribution in [0.25, 0.3) is 138 Å². The van der Waals surface area contributed by atoms with Gasteiger partial charge in [0, 0.05) is 72.4 Å². The third-order valence-corrected chi connectivity index (χ3v) is 28.0. The van der Waals surface area contributed by atoms with Crippen molar-refractivity contribution in [2.75, 3.05) is 9.80 Å². The molecule has 3 aliphatic rings. The molecule has 0 amide bonds. The van der Waals surface area contributed by atoms with Gasteiger partial charge in [0.2, 0.25) is 5.95 Å². The molecule has 0 spiro atoms. The van der Waals surface area contributed by atoms with E-state index in [1.54, 1.807) is 0 Å². The zero-order chi connectivity index (χ0) is 87.6. The molecule has 0 saturated carbocycles. The van der Waals surface area contributed by atoms with Crippen molar-refractivity contribution in [3.05, 3.63) is 535 Å². The molecule has 3 heterocycles. The van der Waals surface area contributed by atoms with Crippen LogP contribution in [0.15, 0.2) is 479 Å². The van der Waals surface area contributed by atoms with E-state index in [9.17, 15) is 0 Å². The lowest BCUT2D eigenvalue weighted by molar-refractivity contribution is 0.660. The topological polar surface area (TPSA) is 63.0 Å². The number of anilines is 6. The first-order chi connectivity index (χ1) is 65.2. The van der Waals surface area contributed by atoms with Crippen LogP contribution in [0.3, 0.4) is 0 Å². The van der Waals surface area contributed by atoms with Crippen molar-refractivity contribution >= 4 is 99.7 Å². The van der Waals surface area contributed by atoms with Crippen LogP contribution in [0.5, 0.6) is 0 Å². The average molecular weight is 1690 g/mol. The second kappa shape index (κ2) is 31.2. The molecule has 26 rings (SSSR count). The lowest BCUT2D eigenvalue weighted by Gasteiger charge is -2.34. The van der Waals surface area contributed by atoms with Gasteiger partial charge in [-0.05, 0) is 214 Å². The van der Waals surface area contributed by atoms with Crippen LogP contribution in [0.1, 0.15) is 69.5 Å². The number of hydrogen-bond donors (Lipinski definition) is 0. The molecular formula is C125H85N7. The Balaban J connectivity index is 0.000000142. The molecule has 0 bridgehead atoms. The fourth-order valence-electron chi connectivity index (χ4n) is 22.1. The summed E-state index contributed by atoms with van der Waals surface area (Å²) in [5.41, 5.74) is 36.4. The maximum Gasteiger partial charge on any atom is 0.235 e. The largest absolute Gasteiger partial charge is 0.310 e. The van der Waals surface area contributed by atoms with Gasteiger partial charge in [0.05, 0.1) is 55.5 Å². The predicted octanol–water partition coefficient (Wildman–Crippen LogP) is 31.6. The van der Waals surface area contributed by atoms with E-state index < -0.39 is 10.8 Å². The monoisotopic (exact) mass is 1680 g/mol. The highest BCUT2D eigenvalue weighted by atomic mass is 15.3. The van der Waals surface area contributed by atoms with Gasteiger partial charge in [-0.1, -0.05) is 390 Å². The molecule has 0 N–H and O–H groups in total. The second-order valence-corrected chi connectivity index (χ2v) is 35.4. The Hall–Kier alpha value is -17.0. The smallest absolute Gasteiger partial charge is 0.235 e. The minimum absolute atomic E-state index is 0.0877. The van der Waals surface area contributed by atoms with Crippen molar-refractivity contribution in [2.24, 2.45) is 0 Å². The molecule has 0 radical (unpaired) electrons. The summed E-state index contributed by atoms with van der Waals surface area (Å²) in [6.07, 6.45) is 0. The van der Waals surface area contributed by atoms with Gasteiger partial charge in [-0.3, -0.25) is 4.90 Å². The van der Waals surface area contributed by atoms with Crippen molar-refractivity contribution in [2.45, 2.75) is 30.1 Å². The molecule has 132 heavy (non-hydrogen) atoms. The van der Waals surface area contributed by atoms with E-state index in [0.717, 1.165) is 106 Å². The summed E-state index contributed by atoms with van der Waals surface area (Å²) >= 11 is 0. The Kier molecular flexibility index (Phi) is 18.3. The minimum atomic E-state index is -0.565. The maximum atomic E-state index is 5.51. The molecule has 7 heteroatoms. The summed E-state index contributed by atoms with van der Waals surface area (Å²) in [5.74, 6) is 0.596. The third-order valence-electron chi connectivity index (χ3n) is 28.0. The molecule has 3 aromatic heterocycles. The van der Waals surface area contributed by atoms with E-state index >= 15 is 0 Å². The van der Waals surface area contributed by atoms with E-state index in [2.05, 4.69) is 477 Å². The van der Waals surface area contributed by atoms with E-state index in [1.807, 2.05) is 30.3 Å². The summed E-state index contributed by atoms with van der Waals surface area (Å²) in [5, 5.41) is 8.27. The Labute approximate surface area is 766 Å². The first-order valence-electron chi connectivity index (χ1n) is 45.5. The average Bonchev–Trinajstić information content (AvgIpc) is 1.54. The van der Waals surface area contributed by atoms with Gasteiger partial charge < -0.3 is 9.47 Å². The molecular weight excluding hydrogens is 1600 g/mol. The Morgan fingerprint density at radius 2 is 0.621 bits per heavy atom. The fraction of sp³-hybridized carbons (Fsp3) is 0.0400. The fourth-order valence-corrected chi connectivity index (χ4v) is 22.1. The van der Waals surface area contributed by atoms with Crippen molar-refractivity contribution < 1.29 is 0 Å². The van der Waals surface area contributed by atoms with Crippen LogP contribution in [0.2, 0.25) is 0 Å². The first-order valence-corrected chi connectivity index (χ1v) is 45.5. The highest BCUT2D eigenvalue weighted by Gasteiger charge is 2.48. The highest BCUT2D eigenvalue weighted by molar-refractivity contribution is 6.12. The number of benzene rings is 20. The standard InChI is InChI=1S/C65H42N4.C60H43N3/c1-3-19-45(20-4-1)63-55-27-12-15-29-59(55)66-64(67-63)68(51-38-40-61-56(42-51)53-25-13-16-30-60(53)69(61)50-35-31-43-17-7-8-21-46(43)41-50)49-36-33-48(34-37-49)65(47-22-5-2-6-23-47)57-28-14-11-26-54(57)62-52-24-10-9-18-44(52)32-39-58(62)65;1-59(2)51-24-12-9-23-49(51)50-39-46(37-38-52(50)59)63(44-33-29-41(30-34-44)58-57(40-17-5-3-6-18-40)61-55-27-15-16-28-56(55)62-58)45-35-31-43(32-36-45)60(42-19-7-4-8-20-42)53-25-13-10-21-47(53)48-22-11-14-26-54(48)60/h1-42H;3-39H,1-2H3. The Morgan fingerprint density at radius 1 is 0.220 bits per heavy atom. The van der Waals surface area contributed by atoms with Crippen LogP contribution in [-0.2, 0) is 16.2 Å².